The standard InChI is InChI=1S/C18H20N4O2/c1-11-13-5-3-4-6-14(13)21-15(11)10-22(2)17(18(23)24)12-7-8-16(19)20-9-12/h3-9,17,21H,10H2,1-2H3,(H2,19,20)(H,23,24). The molecule has 0 saturated carbocycles. The molecule has 0 aliphatic carbocycles. The van der Waals surface area contributed by atoms with Gasteiger partial charge in [0.25, 0.3) is 0 Å². The summed E-state index contributed by atoms with van der Waals surface area (Å²) >= 11 is 0. The van der Waals surface area contributed by atoms with Crippen molar-refractivity contribution in [3.05, 3.63) is 59.4 Å². The summed E-state index contributed by atoms with van der Waals surface area (Å²) in [4.78, 5) is 20.9. The molecule has 0 bridgehead atoms. The van der Waals surface area contributed by atoms with Crippen LogP contribution in [0.2, 0.25) is 0 Å². The highest BCUT2D eigenvalue weighted by Gasteiger charge is 2.26. The van der Waals surface area contributed by atoms with Crippen LogP contribution in [0.5, 0.6) is 0 Å². The predicted octanol–water partition coefficient (Wildman–Crippen LogP) is 2.71. The summed E-state index contributed by atoms with van der Waals surface area (Å²) in [6.07, 6.45) is 1.52. The number of para-hydroxylation sites is 1. The highest BCUT2D eigenvalue weighted by atomic mass is 16.4. The third kappa shape index (κ3) is 2.96. The van der Waals surface area contributed by atoms with Crippen molar-refractivity contribution in [2.24, 2.45) is 0 Å². The van der Waals surface area contributed by atoms with Gasteiger partial charge in [-0.15, -0.1) is 0 Å². The number of nitrogen functional groups attached to an aromatic ring is 1. The van der Waals surface area contributed by atoms with Crippen LogP contribution in [0.4, 0.5) is 5.82 Å². The lowest BCUT2D eigenvalue weighted by Crippen LogP contribution is -2.31. The Morgan fingerprint density at radius 3 is 2.71 bits per heavy atom. The molecule has 24 heavy (non-hydrogen) atoms. The molecule has 3 aromatic rings. The van der Waals surface area contributed by atoms with Crippen LogP contribution < -0.4 is 5.73 Å². The van der Waals surface area contributed by atoms with Gasteiger partial charge in [-0.1, -0.05) is 24.3 Å². The van der Waals surface area contributed by atoms with E-state index in [1.807, 2.05) is 25.1 Å². The number of carboxylic acids is 1. The van der Waals surface area contributed by atoms with E-state index >= 15 is 0 Å². The largest absolute Gasteiger partial charge is 0.480 e. The maximum Gasteiger partial charge on any atom is 0.325 e. The lowest BCUT2D eigenvalue weighted by atomic mass is 10.1. The number of aromatic nitrogens is 2. The summed E-state index contributed by atoms with van der Waals surface area (Å²) in [5, 5.41) is 10.8. The zero-order valence-corrected chi connectivity index (χ0v) is 13.7. The predicted molar refractivity (Wildman–Crippen MR) is 93.5 cm³/mol. The number of H-pyrrole nitrogens is 1. The maximum absolute atomic E-state index is 11.8. The number of rotatable bonds is 5. The average Bonchev–Trinajstić information content (AvgIpc) is 2.86. The third-order valence-electron chi connectivity index (χ3n) is 4.28. The van der Waals surface area contributed by atoms with E-state index in [4.69, 9.17) is 5.73 Å². The second kappa shape index (κ2) is 6.33. The van der Waals surface area contributed by atoms with Gasteiger partial charge in [0.2, 0.25) is 0 Å². The van der Waals surface area contributed by atoms with Crippen LogP contribution in [-0.2, 0) is 11.3 Å². The van der Waals surface area contributed by atoms with Crippen LogP contribution in [0.1, 0.15) is 22.9 Å². The van der Waals surface area contributed by atoms with Gasteiger partial charge in [0.1, 0.15) is 11.9 Å². The summed E-state index contributed by atoms with van der Waals surface area (Å²) in [7, 11) is 1.79. The Balaban J connectivity index is 1.90. The minimum Gasteiger partial charge on any atom is -0.480 e. The van der Waals surface area contributed by atoms with Gasteiger partial charge in [0, 0.05) is 29.3 Å². The van der Waals surface area contributed by atoms with Gasteiger partial charge in [-0.2, -0.15) is 0 Å². The highest BCUT2D eigenvalue weighted by Crippen LogP contribution is 2.26. The first kappa shape index (κ1) is 16.0. The van der Waals surface area contributed by atoms with E-state index in [1.165, 1.54) is 6.20 Å². The van der Waals surface area contributed by atoms with Crippen LogP contribution in [0, 0.1) is 6.92 Å². The Morgan fingerprint density at radius 2 is 2.08 bits per heavy atom. The molecular formula is C18H20N4O2. The first-order valence-electron chi connectivity index (χ1n) is 7.68. The molecule has 1 atom stereocenters. The van der Waals surface area contributed by atoms with Gasteiger partial charge in [0.05, 0.1) is 0 Å². The first-order chi connectivity index (χ1) is 11.5. The van der Waals surface area contributed by atoms with Crippen LogP contribution in [0.25, 0.3) is 10.9 Å². The minimum absolute atomic E-state index is 0.372. The molecular weight excluding hydrogens is 304 g/mol. The SMILES string of the molecule is Cc1c(CN(C)C(C(=O)O)c2ccc(N)nc2)[nH]c2ccccc12. The normalized spacial score (nSPS) is 12.6. The lowest BCUT2D eigenvalue weighted by molar-refractivity contribution is -0.143. The molecule has 6 nitrogen and oxygen atoms in total. The number of likely N-dealkylation sites (N-methyl/N-ethyl adjacent to an activating group) is 1. The summed E-state index contributed by atoms with van der Waals surface area (Å²) in [5.74, 6) is -0.546. The molecule has 0 amide bonds. The molecule has 6 heteroatoms. The molecule has 0 fully saturated rings. The Kier molecular flexibility index (Phi) is 4.22. The van der Waals surface area contributed by atoms with Gasteiger partial charge in [-0.3, -0.25) is 9.69 Å². The fourth-order valence-electron chi connectivity index (χ4n) is 3.00. The molecule has 1 unspecified atom stereocenters. The van der Waals surface area contributed by atoms with Crippen molar-refractivity contribution in [1.82, 2.24) is 14.9 Å². The molecule has 0 radical (unpaired) electrons. The molecule has 0 aliphatic heterocycles. The van der Waals surface area contributed by atoms with Crippen molar-refractivity contribution < 1.29 is 9.90 Å². The third-order valence-corrected chi connectivity index (χ3v) is 4.28. The monoisotopic (exact) mass is 324 g/mol. The quantitative estimate of drug-likeness (QED) is 0.671. The van der Waals surface area contributed by atoms with E-state index in [-0.39, 0.29) is 0 Å². The zero-order valence-electron chi connectivity index (χ0n) is 13.7. The van der Waals surface area contributed by atoms with E-state index < -0.39 is 12.0 Å². The molecule has 2 heterocycles. The summed E-state index contributed by atoms with van der Waals surface area (Å²) in [6, 6.07) is 10.6. The molecule has 0 aliphatic rings. The zero-order chi connectivity index (χ0) is 17.3. The van der Waals surface area contributed by atoms with Gasteiger partial charge < -0.3 is 15.8 Å². The number of fused-ring (bicyclic) bond motifs is 1. The molecule has 2 aromatic heterocycles. The molecule has 3 rings (SSSR count). The number of carboxylic acid groups (broad SMARTS) is 1. The number of pyridine rings is 1. The highest BCUT2D eigenvalue weighted by molar-refractivity contribution is 5.84. The Hall–Kier alpha value is -2.86. The van der Waals surface area contributed by atoms with Gasteiger partial charge in [-0.05, 0) is 37.2 Å². The fourth-order valence-corrected chi connectivity index (χ4v) is 3.00. The van der Waals surface area contributed by atoms with Crippen molar-refractivity contribution in [2.75, 3.05) is 12.8 Å². The van der Waals surface area contributed by atoms with Crippen molar-refractivity contribution >= 4 is 22.7 Å². The average molecular weight is 324 g/mol. The number of aromatic amines is 1. The second-order valence-corrected chi connectivity index (χ2v) is 5.95. The van der Waals surface area contributed by atoms with Crippen LogP contribution in [-0.4, -0.2) is 33.0 Å². The number of aliphatic carboxylic acids is 1. The summed E-state index contributed by atoms with van der Waals surface area (Å²) < 4.78 is 0. The number of hydrogen-bond donors (Lipinski definition) is 3. The van der Waals surface area contributed by atoms with E-state index in [1.54, 1.807) is 24.1 Å². The summed E-state index contributed by atoms with van der Waals surface area (Å²) in [5.41, 5.74) is 9.39. The maximum atomic E-state index is 11.8. The van der Waals surface area contributed by atoms with Gasteiger partial charge in [0.15, 0.2) is 0 Å². The van der Waals surface area contributed by atoms with Crippen molar-refractivity contribution in [2.45, 2.75) is 19.5 Å². The van der Waals surface area contributed by atoms with Gasteiger partial charge >= 0.3 is 5.97 Å². The smallest absolute Gasteiger partial charge is 0.325 e. The van der Waals surface area contributed by atoms with E-state index in [0.717, 1.165) is 22.2 Å². The number of benzene rings is 1. The van der Waals surface area contributed by atoms with Crippen LogP contribution in [0.3, 0.4) is 0 Å². The lowest BCUT2D eigenvalue weighted by Gasteiger charge is -2.24. The number of nitrogens with one attached hydrogen (secondary N) is 1. The van der Waals surface area contributed by atoms with E-state index in [9.17, 15) is 9.90 Å². The van der Waals surface area contributed by atoms with E-state index in [2.05, 4.69) is 16.0 Å². The Bertz CT molecular complexity index is 870. The molecule has 4 N–H and O–H groups in total. The van der Waals surface area contributed by atoms with E-state index in [0.29, 0.717) is 17.9 Å². The Labute approximate surface area is 139 Å². The molecule has 1 aromatic carbocycles. The molecule has 124 valence electrons. The minimum atomic E-state index is -0.919. The number of anilines is 1. The van der Waals surface area contributed by atoms with Crippen molar-refractivity contribution in [3.63, 3.8) is 0 Å². The second-order valence-electron chi connectivity index (χ2n) is 5.95. The number of aryl methyl sites for hydroxylation is 1. The number of carbonyl (C=O) groups is 1. The van der Waals surface area contributed by atoms with Crippen molar-refractivity contribution in [3.8, 4) is 0 Å². The summed E-state index contributed by atoms with van der Waals surface area (Å²) in [6.45, 7) is 2.53. The van der Waals surface area contributed by atoms with Gasteiger partial charge in [-0.25, -0.2) is 4.98 Å². The fraction of sp³-hybridized carbons (Fsp3) is 0.222. The molecule has 0 spiro atoms. The topological polar surface area (TPSA) is 95.2 Å². The van der Waals surface area contributed by atoms with Crippen LogP contribution >= 0.6 is 0 Å². The number of nitrogens with zero attached hydrogens (tertiary/aromatic N) is 2. The molecule has 0 saturated heterocycles. The van der Waals surface area contributed by atoms with Crippen molar-refractivity contribution in [1.29, 1.82) is 0 Å². The number of nitrogens with two attached hydrogens (primary N) is 1. The Morgan fingerprint density at radius 1 is 1.33 bits per heavy atom. The first-order valence-corrected chi connectivity index (χ1v) is 7.68. The number of hydrogen-bond acceptors (Lipinski definition) is 4. The van der Waals surface area contributed by atoms with Crippen LogP contribution in [0.15, 0.2) is 42.6 Å².